The van der Waals surface area contributed by atoms with Gasteiger partial charge in [0.1, 0.15) is 5.75 Å². The van der Waals surface area contributed by atoms with Crippen LogP contribution in [0.25, 0.3) is 6.08 Å². The van der Waals surface area contributed by atoms with E-state index in [-0.39, 0.29) is 0 Å². The highest BCUT2D eigenvalue weighted by Crippen LogP contribution is 2.32. The topological polar surface area (TPSA) is 9.23 Å². The molecule has 0 aromatic heterocycles. The molecule has 0 amide bonds. The number of hydrogen-bond donors (Lipinski definition) is 0. The Morgan fingerprint density at radius 3 is 2.58 bits per heavy atom. The van der Waals surface area contributed by atoms with E-state index in [4.69, 9.17) is 4.74 Å². The molecule has 3 heteroatoms. The first kappa shape index (κ1) is 9.81. The normalized spacial score (nSPS) is 9.58. The van der Waals surface area contributed by atoms with Gasteiger partial charge in [0, 0.05) is 10.0 Å². The Balaban J connectivity index is 3.33. The molecule has 0 aliphatic rings. The second kappa shape index (κ2) is 4.10. The standard InChI is InChI=1S/C9H8Br2O/c1-3-6-4-7(10)5-8(11)9(6)12-2/h3-5H,1H2,2H3. The van der Waals surface area contributed by atoms with Crippen molar-refractivity contribution in [3.63, 3.8) is 0 Å². The van der Waals surface area contributed by atoms with E-state index in [1.807, 2.05) is 12.1 Å². The Labute approximate surface area is 88.7 Å². The maximum atomic E-state index is 5.18. The van der Waals surface area contributed by atoms with Crippen LogP contribution in [0, 0.1) is 0 Å². The van der Waals surface area contributed by atoms with Gasteiger partial charge in [-0.3, -0.25) is 0 Å². The minimum Gasteiger partial charge on any atom is -0.495 e. The molecule has 64 valence electrons. The lowest BCUT2D eigenvalue weighted by Crippen LogP contribution is -1.88. The molecular formula is C9H8Br2O. The van der Waals surface area contributed by atoms with Gasteiger partial charge in [0.25, 0.3) is 0 Å². The van der Waals surface area contributed by atoms with E-state index in [0.29, 0.717) is 0 Å². The fraction of sp³-hybridized carbons (Fsp3) is 0.111. The molecule has 0 atom stereocenters. The maximum absolute atomic E-state index is 5.18. The first-order valence-electron chi connectivity index (χ1n) is 3.34. The van der Waals surface area contributed by atoms with E-state index in [1.54, 1.807) is 13.2 Å². The number of benzene rings is 1. The molecule has 1 nitrogen and oxygen atoms in total. The van der Waals surface area contributed by atoms with E-state index >= 15 is 0 Å². The van der Waals surface area contributed by atoms with Crippen LogP contribution in [0.15, 0.2) is 27.7 Å². The molecule has 0 bridgehead atoms. The van der Waals surface area contributed by atoms with Crippen LogP contribution >= 0.6 is 31.9 Å². The molecule has 0 N–H and O–H groups in total. The summed E-state index contributed by atoms with van der Waals surface area (Å²) >= 11 is 6.78. The van der Waals surface area contributed by atoms with Crippen LogP contribution < -0.4 is 4.74 Å². The van der Waals surface area contributed by atoms with Crippen molar-refractivity contribution >= 4 is 37.9 Å². The van der Waals surface area contributed by atoms with Crippen LogP contribution in [0.1, 0.15) is 5.56 Å². The molecule has 0 saturated carbocycles. The molecule has 0 spiro atoms. The Morgan fingerprint density at radius 2 is 2.08 bits per heavy atom. The average Bonchev–Trinajstić information content (AvgIpc) is 2.03. The molecule has 0 saturated heterocycles. The van der Waals surface area contributed by atoms with Crippen molar-refractivity contribution in [2.45, 2.75) is 0 Å². The second-order valence-electron chi connectivity index (χ2n) is 2.21. The fourth-order valence-electron chi connectivity index (χ4n) is 0.947. The third kappa shape index (κ3) is 1.90. The maximum Gasteiger partial charge on any atom is 0.140 e. The summed E-state index contributed by atoms with van der Waals surface area (Å²) in [4.78, 5) is 0. The van der Waals surface area contributed by atoms with E-state index in [0.717, 1.165) is 20.3 Å². The number of methoxy groups -OCH3 is 1. The molecule has 1 aromatic carbocycles. The second-order valence-corrected chi connectivity index (χ2v) is 3.98. The summed E-state index contributed by atoms with van der Waals surface area (Å²) in [5.74, 6) is 0.813. The lowest BCUT2D eigenvalue weighted by molar-refractivity contribution is 0.411. The zero-order chi connectivity index (χ0) is 9.14. The quantitative estimate of drug-likeness (QED) is 0.804. The number of ether oxygens (including phenoxy) is 1. The molecule has 0 radical (unpaired) electrons. The fourth-order valence-corrected chi connectivity index (χ4v) is 2.37. The molecule has 0 aliphatic heterocycles. The first-order chi connectivity index (χ1) is 5.69. The van der Waals surface area contributed by atoms with Crippen LogP contribution in [0.5, 0.6) is 5.75 Å². The zero-order valence-electron chi connectivity index (χ0n) is 6.60. The van der Waals surface area contributed by atoms with Gasteiger partial charge in [-0.1, -0.05) is 28.6 Å². The Bertz CT molecular complexity index is 308. The summed E-state index contributed by atoms with van der Waals surface area (Å²) < 4.78 is 7.11. The van der Waals surface area contributed by atoms with Gasteiger partial charge in [0.15, 0.2) is 0 Å². The van der Waals surface area contributed by atoms with Gasteiger partial charge in [-0.05, 0) is 28.1 Å². The van der Waals surface area contributed by atoms with Crippen LogP contribution in [0.3, 0.4) is 0 Å². The summed E-state index contributed by atoms with van der Waals surface area (Å²) in [6.45, 7) is 3.70. The zero-order valence-corrected chi connectivity index (χ0v) is 9.78. The van der Waals surface area contributed by atoms with Crippen molar-refractivity contribution in [3.05, 3.63) is 33.2 Å². The van der Waals surface area contributed by atoms with Crippen molar-refractivity contribution in [1.29, 1.82) is 0 Å². The first-order valence-corrected chi connectivity index (χ1v) is 4.93. The van der Waals surface area contributed by atoms with Gasteiger partial charge in [0.05, 0.1) is 11.6 Å². The number of hydrogen-bond acceptors (Lipinski definition) is 1. The van der Waals surface area contributed by atoms with Crippen molar-refractivity contribution in [3.8, 4) is 5.75 Å². The number of halogens is 2. The molecule has 12 heavy (non-hydrogen) atoms. The van der Waals surface area contributed by atoms with Gasteiger partial charge in [0.2, 0.25) is 0 Å². The van der Waals surface area contributed by atoms with Crippen molar-refractivity contribution in [2.24, 2.45) is 0 Å². The molecule has 0 unspecified atom stereocenters. The monoisotopic (exact) mass is 290 g/mol. The summed E-state index contributed by atoms with van der Waals surface area (Å²) in [6.07, 6.45) is 1.76. The number of rotatable bonds is 2. The molecular weight excluding hydrogens is 284 g/mol. The lowest BCUT2D eigenvalue weighted by atomic mass is 10.2. The van der Waals surface area contributed by atoms with Gasteiger partial charge < -0.3 is 4.74 Å². The Kier molecular flexibility index (Phi) is 3.35. The van der Waals surface area contributed by atoms with E-state index < -0.39 is 0 Å². The smallest absolute Gasteiger partial charge is 0.140 e. The Morgan fingerprint density at radius 1 is 1.42 bits per heavy atom. The molecule has 0 heterocycles. The van der Waals surface area contributed by atoms with Crippen LogP contribution in [0.2, 0.25) is 0 Å². The van der Waals surface area contributed by atoms with Gasteiger partial charge in [-0.15, -0.1) is 0 Å². The highest BCUT2D eigenvalue weighted by atomic mass is 79.9. The van der Waals surface area contributed by atoms with Crippen molar-refractivity contribution in [2.75, 3.05) is 7.11 Å². The van der Waals surface area contributed by atoms with Crippen molar-refractivity contribution in [1.82, 2.24) is 0 Å². The largest absolute Gasteiger partial charge is 0.495 e. The third-order valence-corrected chi connectivity index (χ3v) is 2.51. The van der Waals surface area contributed by atoms with Gasteiger partial charge in [-0.25, -0.2) is 0 Å². The van der Waals surface area contributed by atoms with E-state index in [1.165, 1.54) is 0 Å². The highest BCUT2D eigenvalue weighted by Gasteiger charge is 2.05. The van der Waals surface area contributed by atoms with Crippen LogP contribution in [-0.4, -0.2) is 7.11 Å². The molecule has 0 aliphatic carbocycles. The molecule has 0 fully saturated rings. The molecule has 1 rings (SSSR count). The van der Waals surface area contributed by atoms with Gasteiger partial charge in [-0.2, -0.15) is 0 Å². The predicted octanol–water partition coefficient (Wildman–Crippen LogP) is 3.86. The Hall–Kier alpha value is -0.280. The van der Waals surface area contributed by atoms with Crippen molar-refractivity contribution < 1.29 is 4.74 Å². The predicted molar refractivity (Wildman–Crippen MR) is 58.5 cm³/mol. The van der Waals surface area contributed by atoms with Gasteiger partial charge >= 0.3 is 0 Å². The van der Waals surface area contributed by atoms with E-state index in [2.05, 4.69) is 38.4 Å². The molecule has 1 aromatic rings. The SMILES string of the molecule is C=Cc1cc(Br)cc(Br)c1OC. The highest BCUT2D eigenvalue weighted by molar-refractivity contribution is 9.11. The minimum atomic E-state index is 0.813. The van der Waals surface area contributed by atoms with Crippen LogP contribution in [-0.2, 0) is 0 Å². The summed E-state index contributed by atoms with van der Waals surface area (Å²) in [5.41, 5.74) is 0.971. The van der Waals surface area contributed by atoms with E-state index in [9.17, 15) is 0 Å². The summed E-state index contributed by atoms with van der Waals surface area (Å²) in [6, 6.07) is 3.89. The third-order valence-electron chi connectivity index (χ3n) is 1.46. The van der Waals surface area contributed by atoms with Crippen LogP contribution in [0.4, 0.5) is 0 Å². The summed E-state index contributed by atoms with van der Waals surface area (Å²) in [7, 11) is 1.64. The summed E-state index contributed by atoms with van der Waals surface area (Å²) in [5, 5.41) is 0. The lowest BCUT2D eigenvalue weighted by Gasteiger charge is -2.07. The average molecular weight is 292 g/mol. The minimum absolute atomic E-state index is 0.813.